The minimum absolute atomic E-state index is 0.00721. The van der Waals surface area contributed by atoms with E-state index in [9.17, 15) is 9.59 Å². The van der Waals surface area contributed by atoms with Crippen LogP contribution in [0.3, 0.4) is 0 Å². The third kappa shape index (κ3) is 3.71. The molecule has 102 valence electrons. The van der Waals surface area contributed by atoms with Crippen LogP contribution < -0.4 is 15.4 Å². The van der Waals surface area contributed by atoms with Crippen LogP contribution in [-0.2, 0) is 16.0 Å². The summed E-state index contributed by atoms with van der Waals surface area (Å²) < 4.78 is 5.40. The predicted molar refractivity (Wildman–Crippen MR) is 72.2 cm³/mol. The first kappa shape index (κ1) is 13.4. The van der Waals surface area contributed by atoms with Gasteiger partial charge in [-0.05, 0) is 24.5 Å². The molecule has 1 aromatic carbocycles. The molecule has 1 aromatic rings. The minimum Gasteiger partial charge on any atom is -0.484 e. The monoisotopic (exact) mass is 262 g/mol. The van der Waals surface area contributed by atoms with Gasteiger partial charge in [-0.3, -0.25) is 9.59 Å². The Morgan fingerprint density at radius 2 is 2.26 bits per heavy atom. The number of aryl methyl sites for hydroxylation is 1. The predicted octanol–water partition coefficient (Wildman–Crippen LogP) is 1.48. The second-order valence-corrected chi connectivity index (χ2v) is 4.51. The molecule has 2 amide bonds. The quantitative estimate of drug-likeness (QED) is 0.844. The molecule has 5 nitrogen and oxygen atoms in total. The number of nitrogens with one attached hydrogen (secondary N) is 2. The van der Waals surface area contributed by atoms with E-state index >= 15 is 0 Å². The fraction of sp³-hybridized carbons (Fsp3) is 0.429. The largest absolute Gasteiger partial charge is 0.484 e. The summed E-state index contributed by atoms with van der Waals surface area (Å²) >= 11 is 0. The number of fused-ring (bicyclic) bond motifs is 1. The van der Waals surface area contributed by atoms with Crippen molar-refractivity contribution >= 4 is 17.5 Å². The number of hydrogen-bond donors (Lipinski definition) is 2. The third-order valence-electron chi connectivity index (χ3n) is 2.92. The highest BCUT2D eigenvalue weighted by atomic mass is 16.5. The second kappa shape index (κ2) is 6.22. The molecule has 0 saturated heterocycles. The Bertz CT molecular complexity index is 486. The summed E-state index contributed by atoms with van der Waals surface area (Å²) in [5.74, 6) is 0.474. The lowest BCUT2D eigenvalue weighted by atomic mass is 10.0. The lowest BCUT2D eigenvalue weighted by molar-refractivity contribution is -0.123. The Kier molecular flexibility index (Phi) is 4.39. The van der Waals surface area contributed by atoms with Crippen molar-refractivity contribution in [3.63, 3.8) is 0 Å². The second-order valence-electron chi connectivity index (χ2n) is 4.51. The van der Waals surface area contributed by atoms with Gasteiger partial charge in [0.15, 0.2) is 6.61 Å². The van der Waals surface area contributed by atoms with Crippen molar-refractivity contribution < 1.29 is 14.3 Å². The van der Waals surface area contributed by atoms with E-state index in [1.54, 1.807) is 6.07 Å². The Balaban J connectivity index is 1.93. The van der Waals surface area contributed by atoms with Crippen LogP contribution in [0.1, 0.15) is 25.3 Å². The molecule has 0 spiro atoms. The summed E-state index contributed by atoms with van der Waals surface area (Å²) in [6.07, 6.45) is 2.17. The Hall–Kier alpha value is -2.04. The highest BCUT2D eigenvalue weighted by Gasteiger charge is 2.15. The number of ether oxygens (including phenoxy) is 1. The molecule has 2 rings (SSSR count). The SMILES string of the molecule is CCCNC(=O)COc1ccc2c(c1)NC(=O)CC2. The zero-order chi connectivity index (χ0) is 13.7. The highest BCUT2D eigenvalue weighted by Crippen LogP contribution is 2.26. The maximum atomic E-state index is 11.4. The molecule has 0 unspecified atom stereocenters. The van der Waals surface area contributed by atoms with Crippen molar-refractivity contribution in [3.05, 3.63) is 23.8 Å². The maximum absolute atomic E-state index is 11.4. The number of rotatable bonds is 5. The molecule has 0 bridgehead atoms. The van der Waals surface area contributed by atoms with E-state index in [-0.39, 0.29) is 18.4 Å². The van der Waals surface area contributed by atoms with Gasteiger partial charge in [-0.1, -0.05) is 13.0 Å². The van der Waals surface area contributed by atoms with E-state index in [2.05, 4.69) is 10.6 Å². The van der Waals surface area contributed by atoms with Gasteiger partial charge in [0, 0.05) is 24.7 Å². The van der Waals surface area contributed by atoms with Crippen molar-refractivity contribution in [2.45, 2.75) is 26.2 Å². The fourth-order valence-corrected chi connectivity index (χ4v) is 1.90. The lowest BCUT2D eigenvalue weighted by Crippen LogP contribution is -2.29. The van der Waals surface area contributed by atoms with Gasteiger partial charge in [0.1, 0.15) is 5.75 Å². The van der Waals surface area contributed by atoms with E-state index < -0.39 is 0 Å². The zero-order valence-corrected chi connectivity index (χ0v) is 11.0. The van der Waals surface area contributed by atoms with Crippen LogP contribution in [-0.4, -0.2) is 25.0 Å². The molecule has 2 N–H and O–H groups in total. The maximum Gasteiger partial charge on any atom is 0.257 e. The van der Waals surface area contributed by atoms with Gasteiger partial charge in [-0.15, -0.1) is 0 Å². The minimum atomic E-state index is -0.136. The van der Waals surface area contributed by atoms with Crippen LogP contribution in [0.15, 0.2) is 18.2 Å². The summed E-state index contributed by atoms with van der Waals surface area (Å²) in [7, 11) is 0. The van der Waals surface area contributed by atoms with Gasteiger partial charge in [0.25, 0.3) is 5.91 Å². The van der Waals surface area contributed by atoms with Crippen molar-refractivity contribution in [1.29, 1.82) is 0 Å². The first-order valence-corrected chi connectivity index (χ1v) is 6.51. The van der Waals surface area contributed by atoms with Crippen molar-refractivity contribution in [3.8, 4) is 5.75 Å². The van der Waals surface area contributed by atoms with E-state index in [4.69, 9.17) is 4.74 Å². The molecule has 5 heteroatoms. The van der Waals surface area contributed by atoms with Gasteiger partial charge in [0.2, 0.25) is 5.91 Å². The standard InChI is InChI=1S/C14H18N2O3/c1-2-7-15-14(18)9-19-11-5-3-10-4-6-13(17)16-12(10)8-11/h3,5,8H,2,4,6-7,9H2,1H3,(H,15,18)(H,16,17). The van der Waals surface area contributed by atoms with E-state index in [0.29, 0.717) is 18.7 Å². The number of amides is 2. The molecular formula is C14H18N2O3. The van der Waals surface area contributed by atoms with Gasteiger partial charge in [-0.25, -0.2) is 0 Å². The Morgan fingerprint density at radius 1 is 1.42 bits per heavy atom. The Morgan fingerprint density at radius 3 is 3.05 bits per heavy atom. The van der Waals surface area contributed by atoms with Gasteiger partial charge in [0.05, 0.1) is 0 Å². The van der Waals surface area contributed by atoms with Crippen LogP contribution in [0.5, 0.6) is 5.75 Å². The lowest BCUT2D eigenvalue weighted by Gasteiger charge is -2.17. The molecular weight excluding hydrogens is 244 g/mol. The zero-order valence-electron chi connectivity index (χ0n) is 11.0. The molecule has 1 aliphatic rings. The van der Waals surface area contributed by atoms with Crippen molar-refractivity contribution in [2.24, 2.45) is 0 Å². The van der Waals surface area contributed by atoms with Crippen molar-refractivity contribution in [2.75, 3.05) is 18.5 Å². The number of benzene rings is 1. The molecule has 0 atom stereocenters. The van der Waals surface area contributed by atoms with Gasteiger partial charge < -0.3 is 15.4 Å². The average Bonchev–Trinajstić information content (AvgIpc) is 2.42. The summed E-state index contributed by atoms with van der Waals surface area (Å²) in [4.78, 5) is 22.7. The molecule has 19 heavy (non-hydrogen) atoms. The topological polar surface area (TPSA) is 67.4 Å². The third-order valence-corrected chi connectivity index (χ3v) is 2.92. The van der Waals surface area contributed by atoms with Gasteiger partial charge >= 0.3 is 0 Å². The summed E-state index contributed by atoms with van der Waals surface area (Å²) in [5, 5.41) is 5.54. The first-order chi connectivity index (χ1) is 9.19. The first-order valence-electron chi connectivity index (χ1n) is 6.51. The number of hydrogen-bond acceptors (Lipinski definition) is 3. The van der Waals surface area contributed by atoms with Crippen LogP contribution in [0, 0.1) is 0 Å². The summed E-state index contributed by atoms with van der Waals surface area (Å²) in [6.45, 7) is 2.64. The van der Waals surface area contributed by atoms with Gasteiger partial charge in [-0.2, -0.15) is 0 Å². The van der Waals surface area contributed by atoms with E-state index in [0.717, 1.165) is 24.1 Å². The smallest absolute Gasteiger partial charge is 0.257 e. The summed E-state index contributed by atoms with van der Waals surface area (Å²) in [6, 6.07) is 5.51. The average molecular weight is 262 g/mol. The molecule has 0 radical (unpaired) electrons. The van der Waals surface area contributed by atoms with Crippen molar-refractivity contribution in [1.82, 2.24) is 5.32 Å². The fourth-order valence-electron chi connectivity index (χ4n) is 1.90. The normalized spacial score (nSPS) is 13.4. The molecule has 0 fully saturated rings. The van der Waals surface area contributed by atoms with Crippen LogP contribution in [0.25, 0.3) is 0 Å². The molecule has 0 aromatic heterocycles. The molecule has 0 saturated carbocycles. The molecule has 1 heterocycles. The van der Waals surface area contributed by atoms with E-state index in [1.807, 2.05) is 19.1 Å². The van der Waals surface area contributed by atoms with Crippen LogP contribution >= 0.6 is 0 Å². The molecule has 0 aliphatic carbocycles. The number of carbonyl (C=O) groups is 2. The number of carbonyl (C=O) groups excluding carboxylic acids is 2. The van der Waals surface area contributed by atoms with E-state index in [1.165, 1.54) is 0 Å². The van der Waals surface area contributed by atoms with Crippen LogP contribution in [0.2, 0.25) is 0 Å². The highest BCUT2D eigenvalue weighted by molar-refractivity contribution is 5.94. The Labute approximate surface area is 112 Å². The summed E-state index contributed by atoms with van der Waals surface area (Å²) in [5.41, 5.74) is 1.88. The molecule has 1 aliphatic heterocycles. The van der Waals surface area contributed by atoms with Crippen LogP contribution in [0.4, 0.5) is 5.69 Å². The number of anilines is 1.